The summed E-state index contributed by atoms with van der Waals surface area (Å²) in [6.07, 6.45) is 0.407. The molecule has 0 spiro atoms. The SMILES string of the molecule is CC(C)(C)OC(=O)C(CC=O)NC(=O)OCc1cccc2c1Cc1ccccc1-2. The van der Waals surface area contributed by atoms with Crippen LogP contribution in [0.1, 0.15) is 43.9 Å². The van der Waals surface area contributed by atoms with E-state index in [9.17, 15) is 14.4 Å². The molecule has 3 rings (SSSR count). The van der Waals surface area contributed by atoms with Crippen LogP contribution in [0.25, 0.3) is 11.1 Å². The molecule has 1 aliphatic rings. The molecule has 152 valence electrons. The maximum atomic E-state index is 12.2. The Kier molecular flexibility index (Phi) is 6.01. The monoisotopic (exact) mass is 395 g/mol. The number of amides is 1. The number of benzene rings is 2. The summed E-state index contributed by atoms with van der Waals surface area (Å²) in [6.45, 7) is 5.23. The van der Waals surface area contributed by atoms with Crippen LogP contribution in [0.15, 0.2) is 42.5 Å². The van der Waals surface area contributed by atoms with Gasteiger partial charge in [-0.05, 0) is 55.0 Å². The number of carbonyl (C=O) groups is 3. The first-order valence-electron chi connectivity index (χ1n) is 9.57. The third-order valence-corrected chi connectivity index (χ3v) is 4.62. The van der Waals surface area contributed by atoms with Crippen molar-refractivity contribution in [1.29, 1.82) is 0 Å². The molecule has 0 radical (unpaired) electrons. The van der Waals surface area contributed by atoms with E-state index in [1.165, 1.54) is 11.1 Å². The molecule has 2 aromatic rings. The summed E-state index contributed by atoms with van der Waals surface area (Å²) in [7, 11) is 0. The second-order valence-electron chi connectivity index (χ2n) is 7.99. The lowest BCUT2D eigenvalue weighted by atomic mass is 10.0. The largest absolute Gasteiger partial charge is 0.458 e. The molecule has 0 fully saturated rings. The molecular formula is C23H25NO5. The van der Waals surface area contributed by atoms with Crippen molar-refractivity contribution < 1.29 is 23.9 Å². The Morgan fingerprint density at radius 2 is 1.83 bits per heavy atom. The summed E-state index contributed by atoms with van der Waals surface area (Å²) in [5.41, 5.74) is 4.93. The van der Waals surface area contributed by atoms with Gasteiger partial charge in [0.1, 0.15) is 24.5 Å². The number of alkyl carbamates (subject to hydrolysis) is 1. The molecule has 6 nitrogen and oxygen atoms in total. The summed E-state index contributed by atoms with van der Waals surface area (Å²) in [6, 6.07) is 13.0. The molecule has 0 aromatic heterocycles. The highest BCUT2D eigenvalue weighted by molar-refractivity contribution is 5.84. The van der Waals surface area contributed by atoms with Gasteiger partial charge in [0.15, 0.2) is 0 Å². The van der Waals surface area contributed by atoms with Crippen LogP contribution < -0.4 is 5.32 Å². The van der Waals surface area contributed by atoms with Gasteiger partial charge >= 0.3 is 12.1 Å². The Morgan fingerprint density at radius 1 is 1.10 bits per heavy atom. The first-order chi connectivity index (χ1) is 13.8. The van der Waals surface area contributed by atoms with Crippen molar-refractivity contribution in [2.75, 3.05) is 0 Å². The van der Waals surface area contributed by atoms with Gasteiger partial charge in [0.25, 0.3) is 0 Å². The van der Waals surface area contributed by atoms with Gasteiger partial charge in [-0.25, -0.2) is 9.59 Å². The first kappa shape index (κ1) is 20.6. The van der Waals surface area contributed by atoms with Gasteiger partial charge < -0.3 is 19.6 Å². The predicted molar refractivity (Wildman–Crippen MR) is 108 cm³/mol. The Bertz CT molecular complexity index is 929. The Hall–Kier alpha value is -3.15. The van der Waals surface area contributed by atoms with Gasteiger partial charge in [-0.3, -0.25) is 0 Å². The van der Waals surface area contributed by atoms with Crippen molar-refractivity contribution in [2.45, 2.75) is 51.9 Å². The average Bonchev–Trinajstić information content (AvgIpc) is 3.04. The molecule has 29 heavy (non-hydrogen) atoms. The van der Waals surface area contributed by atoms with Crippen LogP contribution >= 0.6 is 0 Å². The number of rotatable bonds is 6. The smallest absolute Gasteiger partial charge is 0.408 e. The fourth-order valence-electron chi connectivity index (χ4n) is 3.37. The molecule has 2 aromatic carbocycles. The van der Waals surface area contributed by atoms with Gasteiger partial charge in [-0.15, -0.1) is 0 Å². The van der Waals surface area contributed by atoms with Crippen LogP contribution in [-0.2, 0) is 32.1 Å². The molecule has 0 heterocycles. The van der Waals surface area contributed by atoms with Gasteiger partial charge in [0.2, 0.25) is 0 Å². The van der Waals surface area contributed by atoms with E-state index in [1.54, 1.807) is 20.8 Å². The lowest BCUT2D eigenvalue weighted by molar-refractivity contribution is -0.157. The summed E-state index contributed by atoms with van der Waals surface area (Å²) in [5.74, 6) is -0.669. The van der Waals surface area contributed by atoms with Gasteiger partial charge in [0, 0.05) is 6.42 Å². The van der Waals surface area contributed by atoms with Gasteiger partial charge in [-0.1, -0.05) is 42.5 Å². The van der Waals surface area contributed by atoms with Crippen molar-refractivity contribution in [1.82, 2.24) is 5.32 Å². The minimum absolute atomic E-state index is 0.0745. The normalized spacial score (nSPS) is 13.1. The number of aldehydes is 1. The van der Waals surface area contributed by atoms with Crippen LogP contribution in [0.3, 0.4) is 0 Å². The highest BCUT2D eigenvalue weighted by atomic mass is 16.6. The molecular weight excluding hydrogens is 370 g/mol. The third-order valence-electron chi connectivity index (χ3n) is 4.62. The molecule has 0 bridgehead atoms. The number of hydrogen-bond acceptors (Lipinski definition) is 5. The number of carbonyl (C=O) groups excluding carboxylic acids is 3. The van der Waals surface area contributed by atoms with E-state index in [4.69, 9.17) is 9.47 Å². The van der Waals surface area contributed by atoms with Crippen LogP contribution in [0, 0.1) is 0 Å². The summed E-state index contributed by atoms with van der Waals surface area (Å²) in [5, 5.41) is 2.43. The molecule has 0 saturated heterocycles. The fourth-order valence-corrected chi connectivity index (χ4v) is 3.37. The molecule has 1 unspecified atom stereocenters. The summed E-state index contributed by atoms with van der Waals surface area (Å²) in [4.78, 5) is 35.3. The number of ether oxygens (including phenoxy) is 2. The molecule has 1 N–H and O–H groups in total. The topological polar surface area (TPSA) is 81.7 Å². The Labute approximate surface area is 170 Å². The van der Waals surface area contributed by atoms with Crippen LogP contribution in [-0.4, -0.2) is 30.0 Å². The predicted octanol–water partition coefficient (Wildman–Crippen LogP) is 3.78. The van der Waals surface area contributed by atoms with Crippen molar-refractivity contribution in [3.63, 3.8) is 0 Å². The third kappa shape index (κ3) is 5.02. The second-order valence-corrected chi connectivity index (χ2v) is 7.99. The van der Waals surface area contributed by atoms with Gasteiger partial charge in [-0.2, -0.15) is 0 Å². The minimum Gasteiger partial charge on any atom is -0.458 e. The zero-order valence-electron chi connectivity index (χ0n) is 16.9. The van der Waals surface area contributed by atoms with Crippen LogP contribution in [0.5, 0.6) is 0 Å². The minimum atomic E-state index is -1.08. The van der Waals surface area contributed by atoms with E-state index in [0.717, 1.165) is 23.1 Å². The van der Waals surface area contributed by atoms with E-state index in [1.807, 2.05) is 24.3 Å². The number of fused-ring (bicyclic) bond motifs is 3. The van der Waals surface area contributed by atoms with Crippen molar-refractivity contribution in [2.24, 2.45) is 0 Å². The van der Waals surface area contributed by atoms with E-state index in [-0.39, 0.29) is 13.0 Å². The fraction of sp³-hybridized carbons (Fsp3) is 0.348. The standard InChI is InChI=1S/C23H25NO5/c1-23(2,3)29-21(26)20(11-12-25)24-22(27)28-14-16-8-6-10-18-17-9-5-4-7-15(17)13-19(16)18/h4-10,12,20H,11,13-14H2,1-3H3,(H,24,27). The quantitative estimate of drug-likeness (QED) is 0.507. The molecule has 0 saturated carbocycles. The van der Waals surface area contributed by atoms with E-state index >= 15 is 0 Å². The number of hydrogen-bond donors (Lipinski definition) is 1. The number of nitrogens with one attached hydrogen (secondary N) is 1. The Balaban J connectivity index is 1.64. The maximum Gasteiger partial charge on any atom is 0.408 e. The van der Waals surface area contributed by atoms with Crippen LogP contribution in [0.4, 0.5) is 4.79 Å². The second kappa shape index (κ2) is 8.47. The first-order valence-corrected chi connectivity index (χ1v) is 9.57. The van der Waals surface area contributed by atoms with Gasteiger partial charge in [0.05, 0.1) is 0 Å². The zero-order valence-corrected chi connectivity index (χ0v) is 16.9. The zero-order chi connectivity index (χ0) is 21.0. The molecule has 1 amide bonds. The maximum absolute atomic E-state index is 12.2. The van der Waals surface area contributed by atoms with Crippen molar-refractivity contribution in [3.05, 3.63) is 59.2 Å². The molecule has 6 heteroatoms. The van der Waals surface area contributed by atoms with E-state index < -0.39 is 23.7 Å². The van der Waals surface area contributed by atoms with E-state index in [2.05, 4.69) is 23.5 Å². The lowest BCUT2D eigenvalue weighted by Crippen LogP contribution is -2.44. The number of esters is 1. The van der Waals surface area contributed by atoms with Crippen molar-refractivity contribution in [3.8, 4) is 11.1 Å². The average molecular weight is 395 g/mol. The van der Waals surface area contributed by atoms with Crippen molar-refractivity contribution >= 4 is 18.3 Å². The van der Waals surface area contributed by atoms with E-state index in [0.29, 0.717) is 6.29 Å². The van der Waals surface area contributed by atoms with Crippen LogP contribution in [0.2, 0.25) is 0 Å². The summed E-state index contributed by atoms with van der Waals surface area (Å²) < 4.78 is 10.6. The highest BCUT2D eigenvalue weighted by Crippen LogP contribution is 2.38. The lowest BCUT2D eigenvalue weighted by Gasteiger charge is -2.23. The molecule has 0 aliphatic heterocycles. The Morgan fingerprint density at radius 3 is 2.55 bits per heavy atom. The molecule has 1 aliphatic carbocycles. The molecule has 1 atom stereocenters. The summed E-state index contributed by atoms with van der Waals surface area (Å²) >= 11 is 0. The highest BCUT2D eigenvalue weighted by Gasteiger charge is 2.27.